The van der Waals surface area contributed by atoms with E-state index in [-0.39, 0.29) is 12.2 Å². The van der Waals surface area contributed by atoms with Crippen LogP contribution in [0.5, 0.6) is 5.75 Å². The second-order valence-corrected chi connectivity index (χ2v) is 2.69. The number of hydrogen-bond acceptors (Lipinski definition) is 2. The molecule has 0 unspecified atom stereocenters. The van der Waals surface area contributed by atoms with Crippen LogP contribution in [-0.2, 0) is 11.2 Å². The normalized spacial score (nSPS) is 9.75. The van der Waals surface area contributed by atoms with Gasteiger partial charge >= 0.3 is 5.97 Å². The van der Waals surface area contributed by atoms with Crippen molar-refractivity contribution >= 4 is 5.97 Å². The molecule has 0 amide bonds. The zero-order valence-corrected chi connectivity index (χ0v) is 6.74. The van der Waals surface area contributed by atoms with Crippen molar-refractivity contribution < 1.29 is 15.0 Å². The molecule has 0 atom stereocenters. The first-order chi connectivity index (χ1) is 5.59. The van der Waals surface area contributed by atoms with Crippen LogP contribution in [0.1, 0.15) is 11.1 Å². The molecular formula is C9H10O3. The molecule has 0 aliphatic rings. The van der Waals surface area contributed by atoms with Crippen LogP contribution >= 0.6 is 0 Å². The molecule has 0 aliphatic heterocycles. The van der Waals surface area contributed by atoms with Crippen LogP contribution in [0.25, 0.3) is 0 Å². The van der Waals surface area contributed by atoms with Gasteiger partial charge in [0, 0.05) is 0 Å². The Bertz CT molecular complexity index is 305. The minimum absolute atomic E-state index is 0.00111. The van der Waals surface area contributed by atoms with Crippen molar-refractivity contribution in [1.82, 2.24) is 0 Å². The molecule has 0 saturated carbocycles. The number of hydrogen-bond donors (Lipinski definition) is 2. The van der Waals surface area contributed by atoms with Gasteiger partial charge in [0.25, 0.3) is 0 Å². The molecule has 3 heteroatoms. The van der Waals surface area contributed by atoms with Crippen LogP contribution in [-0.4, -0.2) is 16.2 Å². The van der Waals surface area contributed by atoms with Crippen LogP contribution < -0.4 is 0 Å². The number of aryl methyl sites for hydroxylation is 1. The van der Waals surface area contributed by atoms with Crippen LogP contribution in [0, 0.1) is 6.92 Å². The van der Waals surface area contributed by atoms with Gasteiger partial charge in [0.05, 0.1) is 6.42 Å². The predicted octanol–water partition coefficient (Wildman–Crippen LogP) is 1.33. The fourth-order valence-electron chi connectivity index (χ4n) is 1.00. The maximum Gasteiger partial charge on any atom is 0.307 e. The van der Waals surface area contributed by atoms with Gasteiger partial charge in [-0.05, 0) is 24.1 Å². The molecular weight excluding hydrogens is 156 g/mol. The van der Waals surface area contributed by atoms with Crippen molar-refractivity contribution in [2.24, 2.45) is 0 Å². The van der Waals surface area contributed by atoms with Gasteiger partial charge in [-0.15, -0.1) is 0 Å². The maximum atomic E-state index is 10.3. The molecule has 1 aromatic rings. The first kappa shape index (κ1) is 8.59. The average Bonchev–Trinajstić information content (AvgIpc) is 1.96. The van der Waals surface area contributed by atoms with Crippen molar-refractivity contribution in [3.8, 4) is 5.75 Å². The zero-order chi connectivity index (χ0) is 9.14. The van der Waals surface area contributed by atoms with Gasteiger partial charge in [-0.2, -0.15) is 0 Å². The molecule has 0 radical (unpaired) electrons. The monoisotopic (exact) mass is 166 g/mol. The smallest absolute Gasteiger partial charge is 0.307 e. The number of phenols is 1. The number of carbonyl (C=O) groups is 1. The molecule has 3 nitrogen and oxygen atoms in total. The molecule has 0 fully saturated rings. The van der Waals surface area contributed by atoms with Crippen LogP contribution in [0.3, 0.4) is 0 Å². The molecule has 64 valence electrons. The molecule has 0 spiro atoms. The Morgan fingerprint density at radius 2 is 2.17 bits per heavy atom. The van der Waals surface area contributed by atoms with Crippen molar-refractivity contribution in [2.75, 3.05) is 0 Å². The fraction of sp³-hybridized carbons (Fsp3) is 0.222. The number of aromatic hydroxyl groups is 1. The topological polar surface area (TPSA) is 57.5 Å². The number of carboxylic acid groups (broad SMARTS) is 1. The largest absolute Gasteiger partial charge is 0.508 e. The summed E-state index contributed by atoms with van der Waals surface area (Å²) < 4.78 is 0. The first-order valence-electron chi connectivity index (χ1n) is 3.60. The van der Waals surface area contributed by atoms with E-state index in [1.807, 2.05) is 0 Å². The summed E-state index contributed by atoms with van der Waals surface area (Å²) in [7, 11) is 0. The SMILES string of the molecule is Cc1cc(CC(=O)O)ccc1O. The highest BCUT2D eigenvalue weighted by molar-refractivity contribution is 5.70. The highest BCUT2D eigenvalue weighted by atomic mass is 16.4. The number of aliphatic carboxylic acids is 1. The molecule has 0 heterocycles. The van der Waals surface area contributed by atoms with E-state index < -0.39 is 5.97 Å². The van der Waals surface area contributed by atoms with E-state index in [2.05, 4.69) is 0 Å². The van der Waals surface area contributed by atoms with E-state index in [4.69, 9.17) is 10.2 Å². The van der Waals surface area contributed by atoms with Gasteiger partial charge < -0.3 is 10.2 Å². The molecule has 0 aliphatic carbocycles. The quantitative estimate of drug-likeness (QED) is 0.696. The van der Waals surface area contributed by atoms with Crippen LogP contribution in [0.2, 0.25) is 0 Å². The summed E-state index contributed by atoms with van der Waals surface area (Å²) in [5.74, 6) is -0.663. The van der Waals surface area contributed by atoms with E-state index >= 15 is 0 Å². The molecule has 1 aromatic carbocycles. The third-order valence-electron chi connectivity index (χ3n) is 1.62. The molecule has 1 rings (SSSR count). The van der Waals surface area contributed by atoms with Crippen molar-refractivity contribution in [3.05, 3.63) is 29.3 Å². The Kier molecular flexibility index (Phi) is 2.33. The van der Waals surface area contributed by atoms with E-state index in [0.717, 1.165) is 0 Å². The Balaban J connectivity index is 2.89. The number of phenolic OH excluding ortho intramolecular Hbond substituents is 1. The number of benzene rings is 1. The summed E-state index contributed by atoms with van der Waals surface area (Å²) in [6.07, 6.45) is 0.00111. The number of carboxylic acids is 1. The fourth-order valence-corrected chi connectivity index (χ4v) is 1.00. The first-order valence-corrected chi connectivity index (χ1v) is 3.60. The van der Waals surface area contributed by atoms with Gasteiger partial charge in [0.1, 0.15) is 5.75 Å². The van der Waals surface area contributed by atoms with E-state index in [1.165, 1.54) is 6.07 Å². The summed E-state index contributed by atoms with van der Waals surface area (Å²) in [4.78, 5) is 10.3. The van der Waals surface area contributed by atoms with E-state index in [9.17, 15) is 4.79 Å². The van der Waals surface area contributed by atoms with Gasteiger partial charge in [0.2, 0.25) is 0 Å². The van der Waals surface area contributed by atoms with Gasteiger partial charge in [-0.3, -0.25) is 4.79 Å². The second-order valence-electron chi connectivity index (χ2n) is 2.69. The predicted molar refractivity (Wildman–Crippen MR) is 44.2 cm³/mol. The lowest BCUT2D eigenvalue weighted by Crippen LogP contribution is -1.99. The van der Waals surface area contributed by atoms with Crippen molar-refractivity contribution in [3.63, 3.8) is 0 Å². The number of rotatable bonds is 2. The Hall–Kier alpha value is -1.51. The second kappa shape index (κ2) is 3.26. The van der Waals surface area contributed by atoms with E-state index in [1.54, 1.807) is 19.1 Å². The summed E-state index contributed by atoms with van der Waals surface area (Å²) in [5.41, 5.74) is 1.41. The Morgan fingerprint density at radius 1 is 1.50 bits per heavy atom. The molecule has 2 N–H and O–H groups in total. The molecule has 0 bridgehead atoms. The average molecular weight is 166 g/mol. The third-order valence-corrected chi connectivity index (χ3v) is 1.62. The van der Waals surface area contributed by atoms with Crippen molar-refractivity contribution in [1.29, 1.82) is 0 Å². The summed E-state index contributed by atoms with van der Waals surface area (Å²) in [5, 5.41) is 17.6. The summed E-state index contributed by atoms with van der Waals surface area (Å²) in [6, 6.07) is 4.79. The Labute approximate surface area is 70.3 Å². The van der Waals surface area contributed by atoms with Gasteiger partial charge in [-0.1, -0.05) is 12.1 Å². The standard InChI is InChI=1S/C9H10O3/c1-6-4-7(5-9(11)12)2-3-8(6)10/h2-4,10H,5H2,1H3,(H,11,12). The highest BCUT2D eigenvalue weighted by Crippen LogP contribution is 2.16. The zero-order valence-electron chi connectivity index (χ0n) is 6.74. The molecule has 12 heavy (non-hydrogen) atoms. The van der Waals surface area contributed by atoms with Gasteiger partial charge in [-0.25, -0.2) is 0 Å². The highest BCUT2D eigenvalue weighted by Gasteiger charge is 2.01. The third kappa shape index (κ3) is 1.99. The lowest BCUT2D eigenvalue weighted by Gasteiger charge is -2.00. The molecule has 0 saturated heterocycles. The minimum atomic E-state index is -0.861. The molecule has 0 aromatic heterocycles. The van der Waals surface area contributed by atoms with Crippen molar-refractivity contribution in [2.45, 2.75) is 13.3 Å². The lowest BCUT2D eigenvalue weighted by atomic mass is 10.1. The van der Waals surface area contributed by atoms with E-state index in [0.29, 0.717) is 11.1 Å². The van der Waals surface area contributed by atoms with Crippen LogP contribution in [0.15, 0.2) is 18.2 Å². The summed E-state index contributed by atoms with van der Waals surface area (Å²) >= 11 is 0. The van der Waals surface area contributed by atoms with Crippen LogP contribution in [0.4, 0.5) is 0 Å². The summed E-state index contributed by atoms with van der Waals surface area (Å²) in [6.45, 7) is 1.74. The minimum Gasteiger partial charge on any atom is -0.508 e. The lowest BCUT2D eigenvalue weighted by molar-refractivity contribution is -0.136. The Morgan fingerprint density at radius 3 is 2.67 bits per heavy atom. The van der Waals surface area contributed by atoms with Gasteiger partial charge in [0.15, 0.2) is 0 Å². The maximum absolute atomic E-state index is 10.3.